The molecular formula is C27H29ClN2O6S. The number of halogens is 1. The first-order valence-electron chi connectivity index (χ1n) is 11.7. The molecule has 37 heavy (non-hydrogen) atoms. The number of hydrogen-bond donors (Lipinski definition) is 1. The van der Waals surface area contributed by atoms with Gasteiger partial charge in [-0.1, -0.05) is 29.8 Å². The molecule has 1 heterocycles. The third-order valence-electron chi connectivity index (χ3n) is 6.18. The topological polar surface area (TPSA) is 94.2 Å². The number of benzene rings is 3. The van der Waals surface area contributed by atoms with E-state index in [1.54, 1.807) is 48.5 Å². The molecule has 4 rings (SSSR count). The van der Waals surface area contributed by atoms with Crippen molar-refractivity contribution in [2.45, 2.75) is 24.3 Å². The Labute approximate surface area is 222 Å². The van der Waals surface area contributed by atoms with Gasteiger partial charge in [-0.2, -0.15) is 0 Å². The number of likely N-dealkylation sites (tertiary alicyclic amines) is 1. The summed E-state index contributed by atoms with van der Waals surface area (Å²) in [7, 11) is 0.792. The number of ether oxygens (including phenoxy) is 3. The zero-order valence-corrected chi connectivity index (χ0v) is 22.7. The molecule has 0 aromatic heterocycles. The number of Topliss-reactive ketones (excluding diaryl/α,β-unsaturated/α-hetero) is 1. The lowest BCUT2D eigenvalue weighted by molar-refractivity contribution is 0.101. The molecule has 1 saturated heterocycles. The van der Waals surface area contributed by atoms with Crippen molar-refractivity contribution in [3.05, 3.63) is 65.2 Å². The third-order valence-corrected chi connectivity index (χ3v) is 7.91. The maximum atomic E-state index is 13.7. The number of methoxy groups -OCH3 is 2. The molecule has 0 spiro atoms. The zero-order valence-electron chi connectivity index (χ0n) is 21.1. The summed E-state index contributed by atoms with van der Waals surface area (Å²) in [6.07, 6.45) is 0.831. The van der Waals surface area contributed by atoms with Crippen LogP contribution in [0.1, 0.15) is 23.7 Å². The minimum atomic E-state index is -4.13. The number of carbonyl (C=O) groups excluding carboxylic acids is 1. The summed E-state index contributed by atoms with van der Waals surface area (Å²) in [5.41, 5.74) is 1.65. The second kappa shape index (κ2) is 11.0. The van der Waals surface area contributed by atoms with Crippen molar-refractivity contribution in [2.75, 3.05) is 39.1 Å². The van der Waals surface area contributed by atoms with Crippen molar-refractivity contribution in [3.8, 4) is 28.4 Å². The Bertz CT molecular complexity index is 1430. The van der Waals surface area contributed by atoms with E-state index in [0.717, 1.165) is 19.5 Å². The molecule has 0 bridgehead atoms. The van der Waals surface area contributed by atoms with Gasteiger partial charge in [0.15, 0.2) is 17.3 Å². The van der Waals surface area contributed by atoms with Crippen LogP contribution in [0.3, 0.4) is 0 Å². The van der Waals surface area contributed by atoms with Gasteiger partial charge in [0, 0.05) is 36.3 Å². The second-order valence-corrected chi connectivity index (χ2v) is 10.9. The monoisotopic (exact) mass is 544 g/mol. The predicted molar refractivity (Wildman–Crippen MR) is 144 cm³/mol. The Morgan fingerprint density at radius 1 is 1.03 bits per heavy atom. The van der Waals surface area contributed by atoms with Crippen molar-refractivity contribution in [1.82, 2.24) is 4.90 Å². The first-order valence-corrected chi connectivity index (χ1v) is 13.5. The Kier molecular flexibility index (Phi) is 7.96. The van der Waals surface area contributed by atoms with Crippen LogP contribution >= 0.6 is 11.6 Å². The lowest BCUT2D eigenvalue weighted by Gasteiger charge is -2.18. The van der Waals surface area contributed by atoms with E-state index in [2.05, 4.69) is 9.62 Å². The highest BCUT2D eigenvalue weighted by molar-refractivity contribution is 7.92. The van der Waals surface area contributed by atoms with Crippen LogP contribution in [0, 0.1) is 0 Å². The van der Waals surface area contributed by atoms with Gasteiger partial charge in [0.1, 0.15) is 11.9 Å². The minimum Gasteiger partial charge on any atom is -0.493 e. The number of rotatable bonds is 9. The van der Waals surface area contributed by atoms with Crippen molar-refractivity contribution in [3.63, 3.8) is 0 Å². The number of hydrogen-bond acceptors (Lipinski definition) is 7. The van der Waals surface area contributed by atoms with Gasteiger partial charge >= 0.3 is 0 Å². The Morgan fingerprint density at radius 2 is 1.76 bits per heavy atom. The molecule has 196 valence electrons. The van der Waals surface area contributed by atoms with E-state index >= 15 is 0 Å². The van der Waals surface area contributed by atoms with Gasteiger partial charge in [0.25, 0.3) is 10.0 Å². The molecule has 0 aliphatic carbocycles. The van der Waals surface area contributed by atoms with E-state index in [1.807, 2.05) is 7.05 Å². The molecule has 3 aromatic carbocycles. The summed E-state index contributed by atoms with van der Waals surface area (Å²) in [5, 5.41) is 0.394. The first kappa shape index (κ1) is 26.8. The molecule has 1 N–H and O–H groups in total. The van der Waals surface area contributed by atoms with Gasteiger partial charge in [0.2, 0.25) is 0 Å². The first-order chi connectivity index (χ1) is 17.6. The van der Waals surface area contributed by atoms with E-state index in [-0.39, 0.29) is 22.5 Å². The van der Waals surface area contributed by atoms with Crippen LogP contribution in [0.4, 0.5) is 5.69 Å². The number of anilines is 1. The van der Waals surface area contributed by atoms with Crippen molar-refractivity contribution >= 4 is 33.1 Å². The van der Waals surface area contributed by atoms with E-state index in [0.29, 0.717) is 38.9 Å². The standard InChI is InChI=1S/C27H29ClN2O6S/c1-17(31)18-6-5-7-19(12-18)22-14-25(34-3)26(35-4)15-27(22)37(32,33)29-20-8-9-23(28)24(13-20)36-21-10-11-30(2)16-21/h5-9,12-15,21,29H,10-11,16H2,1-4H3/t21-/m1/s1. The Hall–Kier alpha value is -3.27. The van der Waals surface area contributed by atoms with E-state index in [9.17, 15) is 13.2 Å². The van der Waals surface area contributed by atoms with E-state index in [1.165, 1.54) is 27.2 Å². The van der Waals surface area contributed by atoms with Crippen LogP contribution in [0.25, 0.3) is 11.1 Å². The highest BCUT2D eigenvalue weighted by Crippen LogP contribution is 2.39. The SMILES string of the molecule is COc1cc(-c2cccc(C(C)=O)c2)c(S(=O)(=O)Nc2ccc(Cl)c(O[C@@H]3CCN(C)C3)c2)cc1OC. The smallest absolute Gasteiger partial charge is 0.262 e. The number of nitrogens with zero attached hydrogens (tertiary/aromatic N) is 1. The lowest BCUT2D eigenvalue weighted by Crippen LogP contribution is -2.21. The second-order valence-electron chi connectivity index (χ2n) is 8.88. The van der Waals surface area contributed by atoms with E-state index < -0.39 is 10.0 Å². The highest BCUT2D eigenvalue weighted by Gasteiger charge is 2.25. The maximum absolute atomic E-state index is 13.7. The van der Waals surface area contributed by atoms with Gasteiger partial charge in [-0.15, -0.1) is 0 Å². The molecule has 0 unspecified atom stereocenters. The van der Waals surface area contributed by atoms with Crippen molar-refractivity contribution in [2.24, 2.45) is 0 Å². The summed E-state index contributed by atoms with van der Waals surface area (Å²) in [6.45, 7) is 3.14. The molecule has 0 saturated carbocycles. The number of carbonyl (C=O) groups is 1. The number of likely N-dealkylation sites (N-methyl/N-ethyl adjacent to an activating group) is 1. The molecule has 10 heteroatoms. The van der Waals surface area contributed by atoms with E-state index in [4.69, 9.17) is 25.8 Å². The molecular weight excluding hydrogens is 516 g/mol. The molecule has 0 radical (unpaired) electrons. The zero-order chi connectivity index (χ0) is 26.7. The quantitative estimate of drug-likeness (QED) is 0.374. The third kappa shape index (κ3) is 6.01. The summed E-state index contributed by atoms with van der Waals surface area (Å²) < 4.78 is 46.9. The van der Waals surface area contributed by atoms with Gasteiger partial charge in [-0.05, 0) is 50.2 Å². The number of sulfonamides is 1. The van der Waals surface area contributed by atoms with Gasteiger partial charge in [0.05, 0.1) is 29.8 Å². The average molecular weight is 545 g/mol. The molecule has 1 fully saturated rings. The fraction of sp³-hybridized carbons (Fsp3) is 0.296. The van der Waals surface area contributed by atoms with Gasteiger partial charge < -0.3 is 19.1 Å². The van der Waals surface area contributed by atoms with Gasteiger partial charge in [-0.25, -0.2) is 8.42 Å². The fourth-order valence-electron chi connectivity index (χ4n) is 4.25. The summed E-state index contributed by atoms with van der Waals surface area (Å²) in [5.74, 6) is 0.879. The molecule has 8 nitrogen and oxygen atoms in total. The summed E-state index contributed by atoms with van der Waals surface area (Å²) in [6, 6.07) is 14.5. The molecule has 3 aromatic rings. The lowest BCUT2D eigenvalue weighted by atomic mass is 10.0. The van der Waals surface area contributed by atoms with Crippen molar-refractivity contribution in [1.29, 1.82) is 0 Å². The predicted octanol–water partition coefficient (Wildman–Crippen LogP) is 5.11. The molecule has 1 aliphatic rings. The normalized spacial score (nSPS) is 15.9. The average Bonchev–Trinajstić information content (AvgIpc) is 3.29. The fourth-order valence-corrected chi connectivity index (χ4v) is 5.69. The van der Waals surface area contributed by atoms with Crippen molar-refractivity contribution < 1.29 is 27.4 Å². The van der Waals surface area contributed by atoms with Crippen LogP contribution in [-0.2, 0) is 10.0 Å². The minimum absolute atomic E-state index is 0.0274. The van der Waals surface area contributed by atoms with Crippen LogP contribution < -0.4 is 18.9 Å². The molecule has 0 amide bonds. The maximum Gasteiger partial charge on any atom is 0.262 e. The molecule has 1 aliphatic heterocycles. The van der Waals surface area contributed by atoms with Crippen LogP contribution in [0.5, 0.6) is 17.2 Å². The largest absolute Gasteiger partial charge is 0.493 e. The van der Waals surface area contributed by atoms with Crippen LogP contribution in [-0.4, -0.2) is 59.6 Å². The number of ketones is 1. The summed E-state index contributed by atoms with van der Waals surface area (Å²) in [4.78, 5) is 14.1. The Balaban J connectivity index is 1.74. The van der Waals surface area contributed by atoms with Gasteiger partial charge in [-0.3, -0.25) is 9.52 Å². The molecule has 1 atom stereocenters. The Morgan fingerprint density at radius 3 is 2.41 bits per heavy atom. The summed E-state index contributed by atoms with van der Waals surface area (Å²) >= 11 is 6.34. The van der Waals surface area contributed by atoms with Crippen LogP contribution in [0.15, 0.2) is 59.5 Å². The van der Waals surface area contributed by atoms with Crippen LogP contribution in [0.2, 0.25) is 5.02 Å². The highest BCUT2D eigenvalue weighted by atomic mass is 35.5. The number of nitrogens with one attached hydrogen (secondary N) is 1.